The number of hydrogen-bond donors (Lipinski definition) is 6. The van der Waals surface area contributed by atoms with Crippen LogP contribution in [0.3, 0.4) is 0 Å². The Kier molecular flexibility index (Phi) is 7.81. The van der Waals surface area contributed by atoms with Crippen LogP contribution >= 0.6 is 0 Å². The van der Waals surface area contributed by atoms with E-state index in [1.807, 2.05) is 26.0 Å². The number of rotatable bonds is 9. The molecule has 202 valence electrons. The van der Waals surface area contributed by atoms with Gasteiger partial charge in [-0.15, -0.1) is 0 Å². The lowest BCUT2D eigenvalue weighted by Gasteiger charge is -2.20. The summed E-state index contributed by atoms with van der Waals surface area (Å²) in [6.45, 7) is 7.86. The molecule has 0 unspecified atom stereocenters. The molecule has 4 aromatic rings. The lowest BCUT2D eigenvalue weighted by Crippen LogP contribution is -1.97. The van der Waals surface area contributed by atoms with Crippen LogP contribution in [0.1, 0.15) is 74.6 Å². The number of phenols is 6. The Labute approximate surface area is 223 Å². The number of aromatic hydroxyl groups is 6. The van der Waals surface area contributed by atoms with Crippen LogP contribution in [0.4, 0.5) is 0 Å². The maximum absolute atomic E-state index is 11.5. The molecule has 6 N–H and O–H groups in total. The van der Waals surface area contributed by atoms with Gasteiger partial charge < -0.3 is 30.6 Å². The van der Waals surface area contributed by atoms with Gasteiger partial charge in [0.25, 0.3) is 0 Å². The number of hydrogen-bond acceptors (Lipinski definition) is 6. The van der Waals surface area contributed by atoms with Crippen LogP contribution in [0.2, 0.25) is 0 Å². The molecule has 0 amide bonds. The third-order valence-corrected chi connectivity index (χ3v) is 7.65. The molecule has 0 saturated heterocycles. The smallest absolute Gasteiger partial charge is 0.161 e. The van der Waals surface area contributed by atoms with Crippen LogP contribution < -0.4 is 0 Å². The molecular formula is C32H38O6. The second-order valence-electron chi connectivity index (χ2n) is 10.4. The van der Waals surface area contributed by atoms with E-state index in [1.54, 1.807) is 0 Å². The van der Waals surface area contributed by atoms with Crippen LogP contribution in [0.15, 0.2) is 24.3 Å². The molecule has 0 bridgehead atoms. The number of phenolic OH excluding ortho intramolecular Hbond substituents is 6. The van der Waals surface area contributed by atoms with Crippen molar-refractivity contribution < 1.29 is 30.6 Å². The summed E-state index contributed by atoms with van der Waals surface area (Å²) in [4.78, 5) is 0. The fraction of sp³-hybridized carbons (Fsp3) is 0.375. The molecule has 0 radical (unpaired) electrons. The second kappa shape index (κ2) is 10.9. The van der Waals surface area contributed by atoms with Gasteiger partial charge in [0.05, 0.1) is 0 Å². The minimum atomic E-state index is -0.300. The van der Waals surface area contributed by atoms with Gasteiger partial charge in [0.15, 0.2) is 23.0 Å². The monoisotopic (exact) mass is 518 g/mol. The Morgan fingerprint density at radius 3 is 1.18 bits per heavy atom. The lowest BCUT2D eigenvalue weighted by atomic mass is 9.86. The van der Waals surface area contributed by atoms with Crippen LogP contribution in [0.25, 0.3) is 32.7 Å². The first-order valence-electron chi connectivity index (χ1n) is 13.5. The highest BCUT2D eigenvalue weighted by Crippen LogP contribution is 2.51. The van der Waals surface area contributed by atoms with Crippen molar-refractivity contribution in [2.75, 3.05) is 0 Å². The molecule has 4 rings (SSSR count). The van der Waals surface area contributed by atoms with Crippen LogP contribution in [-0.4, -0.2) is 30.6 Å². The summed E-state index contributed by atoms with van der Waals surface area (Å²) in [6, 6.07) is 6.46. The molecule has 0 aromatic heterocycles. The van der Waals surface area contributed by atoms with E-state index in [9.17, 15) is 30.6 Å². The summed E-state index contributed by atoms with van der Waals surface area (Å²) < 4.78 is 0. The zero-order chi connectivity index (χ0) is 27.7. The first-order chi connectivity index (χ1) is 18.1. The molecule has 0 atom stereocenters. The van der Waals surface area contributed by atoms with Gasteiger partial charge in [-0.1, -0.05) is 51.7 Å². The molecule has 0 aliphatic rings. The van der Waals surface area contributed by atoms with Crippen molar-refractivity contribution in [3.8, 4) is 45.6 Å². The largest absolute Gasteiger partial charge is 0.507 e. The van der Waals surface area contributed by atoms with Crippen molar-refractivity contribution in [3.05, 3.63) is 46.5 Å². The number of fused-ring (bicyclic) bond motifs is 2. The average molecular weight is 519 g/mol. The molecule has 0 fully saturated rings. The van der Waals surface area contributed by atoms with E-state index in [4.69, 9.17) is 0 Å². The number of unbranched alkanes of at least 4 members (excludes halogenated alkanes) is 4. The van der Waals surface area contributed by atoms with Crippen LogP contribution in [0.5, 0.6) is 34.5 Å². The van der Waals surface area contributed by atoms with E-state index in [0.717, 1.165) is 38.5 Å². The number of benzene rings is 4. The minimum absolute atomic E-state index is 0.101. The summed E-state index contributed by atoms with van der Waals surface area (Å²) in [5.74, 6) is -1.14. The van der Waals surface area contributed by atoms with Gasteiger partial charge in [0.1, 0.15) is 11.5 Å². The van der Waals surface area contributed by atoms with E-state index in [0.29, 0.717) is 67.8 Å². The predicted octanol–water partition coefficient (Wildman–Crippen LogP) is 7.98. The van der Waals surface area contributed by atoms with Crippen molar-refractivity contribution in [2.45, 2.75) is 79.1 Å². The van der Waals surface area contributed by atoms with Gasteiger partial charge in [-0.25, -0.2) is 0 Å². The highest BCUT2D eigenvalue weighted by molar-refractivity contribution is 6.05. The molecule has 6 nitrogen and oxygen atoms in total. The molecule has 6 heteroatoms. The van der Waals surface area contributed by atoms with E-state index < -0.39 is 0 Å². The molecule has 4 aromatic carbocycles. The molecule has 38 heavy (non-hydrogen) atoms. The Morgan fingerprint density at radius 1 is 0.474 bits per heavy atom. The summed E-state index contributed by atoms with van der Waals surface area (Å²) in [7, 11) is 0. The SMILES string of the molecule is CCCCCc1c(O)c(O)cc2c(O)c(-c3c(C)cc4c(CCCCC)c(O)c(O)cc4c3O)c(C)cc12. The summed E-state index contributed by atoms with van der Waals surface area (Å²) >= 11 is 0. The third-order valence-electron chi connectivity index (χ3n) is 7.65. The molecule has 0 heterocycles. The van der Waals surface area contributed by atoms with E-state index >= 15 is 0 Å². The molecule has 0 saturated carbocycles. The van der Waals surface area contributed by atoms with Crippen molar-refractivity contribution in [2.24, 2.45) is 0 Å². The summed E-state index contributed by atoms with van der Waals surface area (Å²) in [6.07, 6.45) is 6.79. The van der Waals surface area contributed by atoms with Crippen molar-refractivity contribution in [1.82, 2.24) is 0 Å². The second-order valence-corrected chi connectivity index (χ2v) is 10.4. The molecule has 0 spiro atoms. The van der Waals surface area contributed by atoms with Gasteiger partial charge in [-0.2, -0.15) is 0 Å². The van der Waals surface area contributed by atoms with Gasteiger partial charge in [-0.3, -0.25) is 0 Å². The zero-order valence-electron chi connectivity index (χ0n) is 22.6. The fourth-order valence-corrected chi connectivity index (χ4v) is 5.64. The Hall–Kier alpha value is -3.80. The van der Waals surface area contributed by atoms with Crippen molar-refractivity contribution >= 4 is 21.5 Å². The first-order valence-corrected chi connectivity index (χ1v) is 13.5. The molecule has 0 aliphatic heterocycles. The predicted molar refractivity (Wildman–Crippen MR) is 153 cm³/mol. The molecule has 0 aliphatic carbocycles. The fourth-order valence-electron chi connectivity index (χ4n) is 5.64. The Morgan fingerprint density at radius 2 is 0.842 bits per heavy atom. The maximum atomic E-state index is 11.5. The Bertz CT molecular complexity index is 1400. The van der Waals surface area contributed by atoms with Gasteiger partial charge in [0.2, 0.25) is 0 Å². The van der Waals surface area contributed by atoms with Crippen molar-refractivity contribution in [1.29, 1.82) is 0 Å². The summed E-state index contributed by atoms with van der Waals surface area (Å²) in [5, 5.41) is 67.3. The molecular weight excluding hydrogens is 480 g/mol. The van der Waals surface area contributed by atoms with Crippen LogP contribution in [0, 0.1) is 13.8 Å². The summed E-state index contributed by atoms with van der Waals surface area (Å²) in [5.41, 5.74) is 3.41. The highest BCUT2D eigenvalue weighted by Gasteiger charge is 2.24. The topological polar surface area (TPSA) is 121 Å². The quantitative estimate of drug-likeness (QED) is 0.0987. The average Bonchev–Trinajstić information content (AvgIpc) is 2.87. The Balaban J connectivity index is 1.98. The minimum Gasteiger partial charge on any atom is -0.507 e. The van der Waals surface area contributed by atoms with Crippen molar-refractivity contribution in [3.63, 3.8) is 0 Å². The lowest BCUT2D eigenvalue weighted by molar-refractivity contribution is 0.399. The zero-order valence-corrected chi connectivity index (χ0v) is 22.6. The van der Waals surface area contributed by atoms with E-state index in [-0.39, 0.29) is 34.5 Å². The maximum Gasteiger partial charge on any atom is 0.161 e. The van der Waals surface area contributed by atoms with Crippen LogP contribution in [-0.2, 0) is 12.8 Å². The van der Waals surface area contributed by atoms with E-state index in [1.165, 1.54) is 12.1 Å². The van der Waals surface area contributed by atoms with Gasteiger partial charge >= 0.3 is 0 Å². The number of aryl methyl sites for hydroxylation is 4. The standard InChI is InChI=1S/C32H38O6/c1-5-7-9-11-19-21-13-17(3)27(31(37)23(21)15-25(33)29(19)35)28-18(4)14-22-20(12-10-8-6-2)30(36)26(34)16-24(22)32(28)38/h13-16,33-38H,5-12H2,1-4H3. The van der Waals surface area contributed by atoms with E-state index in [2.05, 4.69) is 13.8 Å². The highest BCUT2D eigenvalue weighted by atomic mass is 16.3. The normalized spacial score (nSPS) is 11.6. The third kappa shape index (κ3) is 4.64. The van der Waals surface area contributed by atoms with Gasteiger partial charge in [-0.05, 0) is 73.6 Å². The first kappa shape index (κ1) is 27.2. The van der Waals surface area contributed by atoms with Gasteiger partial charge in [0, 0.05) is 33.0 Å².